The minimum atomic E-state index is 0.316. The summed E-state index contributed by atoms with van der Waals surface area (Å²) >= 11 is 0. The number of rotatable bonds is 10. The van der Waals surface area contributed by atoms with E-state index < -0.39 is 0 Å². The van der Waals surface area contributed by atoms with E-state index >= 15 is 0 Å². The van der Waals surface area contributed by atoms with Gasteiger partial charge < -0.3 is 16.2 Å². The second kappa shape index (κ2) is 11.0. The van der Waals surface area contributed by atoms with E-state index in [0.717, 1.165) is 32.4 Å². The van der Waals surface area contributed by atoms with E-state index in [0.29, 0.717) is 12.6 Å². The van der Waals surface area contributed by atoms with Crippen LogP contribution in [0, 0.1) is 0 Å². The summed E-state index contributed by atoms with van der Waals surface area (Å²) in [7, 11) is 0. The fraction of sp³-hybridized carbons (Fsp3) is 1.00. The van der Waals surface area contributed by atoms with E-state index in [1.54, 1.807) is 0 Å². The molecule has 3 heteroatoms. The monoisotopic (exact) mass is 202 g/mol. The molecule has 0 amide bonds. The molecule has 0 heterocycles. The fourth-order valence-corrected chi connectivity index (χ4v) is 1.47. The van der Waals surface area contributed by atoms with Gasteiger partial charge in [0.15, 0.2) is 0 Å². The van der Waals surface area contributed by atoms with Crippen LogP contribution in [0.5, 0.6) is 0 Å². The molecule has 3 nitrogen and oxygen atoms in total. The maximum absolute atomic E-state index is 8.60. The summed E-state index contributed by atoms with van der Waals surface area (Å²) < 4.78 is 0. The quantitative estimate of drug-likeness (QED) is 0.467. The van der Waals surface area contributed by atoms with E-state index in [1.165, 1.54) is 19.3 Å². The highest BCUT2D eigenvalue weighted by molar-refractivity contribution is 4.66. The zero-order valence-corrected chi connectivity index (χ0v) is 9.47. The van der Waals surface area contributed by atoms with Gasteiger partial charge in [0, 0.05) is 19.2 Å². The minimum Gasteiger partial charge on any atom is -0.396 e. The van der Waals surface area contributed by atoms with Crippen LogP contribution < -0.4 is 11.1 Å². The van der Waals surface area contributed by atoms with E-state index in [-0.39, 0.29) is 0 Å². The van der Waals surface area contributed by atoms with Crippen molar-refractivity contribution >= 4 is 0 Å². The highest BCUT2D eigenvalue weighted by Crippen LogP contribution is 2.00. The van der Waals surface area contributed by atoms with Gasteiger partial charge in [0.2, 0.25) is 0 Å². The molecule has 0 radical (unpaired) electrons. The highest BCUT2D eigenvalue weighted by atomic mass is 16.2. The lowest BCUT2D eigenvalue weighted by atomic mass is 10.1. The van der Waals surface area contributed by atoms with Crippen LogP contribution in [0.2, 0.25) is 0 Å². The van der Waals surface area contributed by atoms with Crippen LogP contribution in [-0.4, -0.2) is 30.8 Å². The molecule has 0 saturated heterocycles. The average molecular weight is 202 g/mol. The number of unbranched alkanes of at least 4 members (excludes halogenated alkanes) is 3. The van der Waals surface area contributed by atoms with Crippen molar-refractivity contribution in [3.8, 4) is 0 Å². The Morgan fingerprint density at radius 3 is 2.57 bits per heavy atom. The van der Waals surface area contributed by atoms with Crippen molar-refractivity contribution in [2.24, 2.45) is 5.73 Å². The smallest absolute Gasteiger partial charge is 0.0431 e. The zero-order valence-electron chi connectivity index (χ0n) is 9.47. The van der Waals surface area contributed by atoms with Crippen LogP contribution in [0.3, 0.4) is 0 Å². The molecule has 14 heavy (non-hydrogen) atoms. The van der Waals surface area contributed by atoms with E-state index in [4.69, 9.17) is 10.8 Å². The first-order chi connectivity index (χ1) is 6.85. The lowest BCUT2D eigenvalue weighted by Gasteiger charge is -2.16. The largest absolute Gasteiger partial charge is 0.396 e. The van der Waals surface area contributed by atoms with Gasteiger partial charge in [0.1, 0.15) is 0 Å². The zero-order chi connectivity index (χ0) is 10.6. The number of hydrogen-bond acceptors (Lipinski definition) is 3. The van der Waals surface area contributed by atoms with Crippen molar-refractivity contribution in [3.05, 3.63) is 0 Å². The summed E-state index contributed by atoms with van der Waals surface area (Å²) in [6.07, 6.45) is 6.85. The van der Waals surface area contributed by atoms with Crippen LogP contribution in [0.25, 0.3) is 0 Å². The Bertz CT molecular complexity index is 109. The molecule has 0 aromatic rings. The van der Waals surface area contributed by atoms with Gasteiger partial charge in [-0.05, 0) is 32.2 Å². The Labute approximate surface area is 88.1 Å². The van der Waals surface area contributed by atoms with Crippen LogP contribution in [0.4, 0.5) is 0 Å². The molecule has 0 aliphatic heterocycles. The Morgan fingerprint density at radius 2 is 2.00 bits per heavy atom. The van der Waals surface area contributed by atoms with Crippen molar-refractivity contribution in [1.29, 1.82) is 0 Å². The van der Waals surface area contributed by atoms with Gasteiger partial charge in [0.05, 0.1) is 0 Å². The van der Waals surface area contributed by atoms with Crippen molar-refractivity contribution in [2.75, 3.05) is 19.7 Å². The topological polar surface area (TPSA) is 58.3 Å². The Kier molecular flexibility index (Phi) is 10.9. The molecule has 0 aromatic carbocycles. The third kappa shape index (κ3) is 8.48. The molecular weight excluding hydrogens is 176 g/mol. The molecule has 0 rings (SSSR count). The third-order valence-electron chi connectivity index (χ3n) is 2.46. The molecule has 86 valence electrons. The normalized spacial score (nSPS) is 13.1. The number of nitrogens with two attached hydrogens (primary N) is 1. The van der Waals surface area contributed by atoms with Crippen LogP contribution in [0.1, 0.15) is 45.4 Å². The fourth-order valence-electron chi connectivity index (χ4n) is 1.47. The average Bonchev–Trinajstić information content (AvgIpc) is 2.22. The third-order valence-corrected chi connectivity index (χ3v) is 2.46. The second-order valence-corrected chi connectivity index (χ2v) is 3.81. The molecule has 0 saturated carbocycles. The predicted octanol–water partition coefficient (Wildman–Crippen LogP) is 1.26. The maximum atomic E-state index is 8.60. The van der Waals surface area contributed by atoms with Gasteiger partial charge in [-0.1, -0.05) is 19.8 Å². The van der Waals surface area contributed by atoms with Gasteiger partial charge in [-0.3, -0.25) is 0 Å². The van der Waals surface area contributed by atoms with E-state index in [1.807, 2.05) is 0 Å². The summed E-state index contributed by atoms with van der Waals surface area (Å²) in [6, 6.07) is 0.490. The van der Waals surface area contributed by atoms with Crippen molar-refractivity contribution in [1.82, 2.24) is 5.32 Å². The molecule has 4 N–H and O–H groups in total. The van der Waals surface area contributed by atoms with Crippen molar-refractivity contribution < 1.29 is 5.11 Å². The summed E-state index contributed by atoms with van der Waals surface area (Å²) in [6.45, 7) is 4.29. The lowest BCUT2D eigenvalue weighted by molar-refractivity contribution is 0.282. The van der Waals surface area contributed by atoms with Crippen LogP contribution in [-0.2, 0) is 0 Å². The lowest BCUT2D eigenvalue weighted by Crippen LogP contribution is -2.36. The summed E-state index contributed by atoms with van der Waals surface area (Å²) in [5, 5.41) is 12.1. The first kappa shape index (κ1) is 13.9. The SMILES string of the molecule is CCCCC(CN)NCCCCCO. The van der Waals surface area contributed by atoms with Crippen molar-refractivity contribution in [2.45, 2.75) is 51.5 Å². The Balaban J connectivity index is 3.24. The standard InChI is InChI=1S/C11H26N2O/c1-2-3-7-11(10-12)13-8-5-4-6-9-14/h11,13-14H,2-10,12H2,1H3. The number of aliphatic hydroxyl groups excluding tert-OH is 1. The summed E-state index contributed by atoms with van der Waals surface area (Å²) in [4.78, 5) is 0. The van der Waals surface area contributed by atoms with Crippen molar-refractivity contribution in [3.63, 3.8) is 0 Å². The van der Waals surface area contributed by atoms with Gasteiger partial charge >= 0.3 is 0 Å². The molecule has 0 aliphatic rings. The number of nitrogens with one attached hydrogen (secondary N) is 1. The molecule has 0 aromatic heterocycles. The van der Waals surface area contributed by atoms with E-state index in [9.17, 15) is 0 Å². The molecular formula is C11H26N2O. The second-order valence-electron chi connectivity index (χ2n) is 3.81. The first-order valence-electron chi connectivity index (χ1n) is 5.89. The number of aliphatic hydroxyl groups is 1. The number of hydrogen-bond donors (Lipinski definition) is 3. The molecule has 0 fully saturated rings. The Morgan fingerprint density at radius 1 is 1.21 bits per heavy atom. The molecule has 0 aliphatic carbocycles. The predicted molar refractivity (Wildman–Crippen MR) is 61.3 cm³/mol. The van der Waals surface area contributed by atoms with Gasteiger partial charge in [-0.2, -0.15) is 0 Å². The van der Waals surface area contributed by atoms with Gasteiger partial charge in [0.25, 0.3) is 0 Å². The molecule has 1 unspecified atom stereocenters. The van der Waals surface area contributed by atoms with E-state index in [2.05, 4.69) is 12.2 Å². The summed E-state index contributed by atoms with van der Waals surface area (Å²) in [5.74, 6) is 0. The molecule has 0 spiro atoms. The summed E-state index contributed by atoms with van der Waals surface area (Å²) in [5.41, 5.74) is 5.65. The minimum absolute atomic E-state index is 0.316. The maximum Gasteiger partial charge on any atom is 0.0431 e. The molecule has 0 bridgehead atoms. The van der Waals surface area contributed by atoms with Gasteiger partial charge in [-0.15, -0.1) is 0 Å². The molecule has 1 atom stereocenters. The van der Waals surface area contributed by atoms with Crippen LogP contribution >= 0.6 is 0 Å². The van der Waals surface area contributed by atoms with Crippen LogP contribution in [0.15, 0.2) is 0 Å². The first-order valence-corrected chi connectivity index (χ1v) is 5.89. The van der Waals surface area contributed by atoms with Gasteiger partial charge in [-0.25, -0.2) is 0 Å². The highest BCUT2D eigenvalue weighted by Gasteiger charge is 2.03. The Hall–Kier alpha value is -0.120.